The number of rotatable bonds is 5. The van der Waals surface area contributed by atoms with Crippen molar-refractivity contribution < 1.29 is 0 Å². The van der Waals surface area contributed by atoms with Gasteiger partial charge >= 0.3 is 0 Å². The number of thiazole rings is 1. The molecule has 1 N–H and O–H groups in total. The minimum absolute atomic E-state index is 0.414. The Morgan fingerprint density at radius 2 is 2.11 bits per heavy atom. The Kier molecular flexibility index (Phi) is 4.54. The Morgan fingerprint density at radius 3 is 2.67 bits per heavy atom. The largest absolute Gasteiger partial charge is 0.309 e. The lowest BCUT2D eigenvalue weighted by atomic mass is 10.1. The summed E-state index contributed by atoms with van der Waals surface area (Å²) in [5, 5.41) is 6.87. The van der Waals surface area contributed by atoms with Gasteiger partial charge in [-0.2, -0.15) is 0 Å². The molecule has 18 heavy (non-hydrogen) atoms. The Hall–Kier alpha value is -0.710. The molecule has 0 aromatic carbocycles. The standard InChI is InChI=1S/C14H20N2S2/c1-9(14-15-5-6-17-14)8-16-11(3)13-7-10(2)18-12(13)4/h5-7,9,11,16H,8H2,1-4H3. The normalized spacial score (nSPS) is 14.7. The first-order valence-electron chi connectivity index (χ1n) is 6.27. The molecular weight excluding hydrogens is 260 g/mol. The van der Waals surface area contributed by atoms with E-state index >= 15 is 0 Å². The minimum atomic E-state index is 0.414. The van der Waals surface area contributed by atoms with Crippen molar-refractivity contribution in [2.24, 2.45) is 0 Å². The van der Waals surface area contributed by atoms with Crippen molar-refractivity contribution in [1.29, 1.82) is 0 Å². The monoisotopic (exact) mass is 280 g/mol. The van der Waals surface area contributed by atoms with Crippen molar-refractivity contribution in [1.82, 2.24) is 10.3 Å². The summed E-state index contributed by atoms with van der Waals surface area (Å²) in [6, 6.07) is 2.71. The van der Waals surface area contributed by atoms with Crippen LogP contribution in [0.25, 0.3) is 0 Å². The van der Waals surface area contributed by atoms with E-state index < -0.39 is 0 Å². The Bertz CT molecular complexity index is 488. The van der Waals surface area contributed by atoms with Crippen LogP contribution in [0.15, 0.2) is 17.6 Å². The lowest BCUT2D eigenvalue weighted by Crippen LogP contribution is -2.23. The molecule has 0 spiro atoms. The molecule has 0 radical (unpaired) electrons. The van der Waals surface area contributed by atoms with E-state index in [9.17, 15) is 0 Å². The second-order valence-corrected chi connectivity index (χ2v) is 7.16. The lowest BCUT2D eigenvalue weighted by molar-refractivity contribution is 0.535. The predicted octanol–water partition coefficient (Wildman–Crippen LogP) is 4.28. The van der Waals surface area contributed by atoms with E-state index in [0.717, 1.165) is 6.54 Å². The number of aromatic nitrogens is 1. The van der Waals surface area contributed by atoms with Crippen molar-refractivity contribution in [2.45, 2.75) is 39.7 Å². The predicted molar refractivity (Wildman–Crippen MR) is 80.7 cm³/mol. The van der Waals surface area contributed by atoms with Gasteiger partial charge < -0.3 is 5.32 Å². The van der Waals surface area contributed by atoms with Crippen LogP contribution in [0.5, 0.6) is 0 Å². The summed E-state index contributed by atoms with van der Waals surface area (Å²) < 4.78 is 0. The smallest absolute Gasteiger partial charge is 0.0965 e. The van der Waals surface area contributed by atoms with E-state index in [-0.39, 0.29) is 0 Å². The molecular formula is C14H20N2S2. The van der Waals surface area contributed by atoms with Crippen LogP contribution in [0, 0.1) is 13.8 Å². The Morgan fingerprint density at radius 1 is 1.33 bits per heavy atom. The van der Waals surface area contributed by atoms with E-state index in [1.54, 1.807) is 11.3 Å². The van der Waals surface area contributed by atoms with Crippen LogP contribution < -0.4 is 5.32 Å². The molecule has 0 bridgehead atoms. The van der Waals surface area contributed by atoms with Crippen LogP contribution in [-0.4, -0.2) is 11.5 Å². The zero-order valence-corrected chi connectivity index (χ0v) is 13.0. The van der Waals surface area contributed by atoms with Crippen LogP contribution in [0.2, 0.25) is 0 Å². The molecule has 0 saturated carbocycles. The topological polar surface area (TPSA) is 24.9 Å². The number of nitrogens with zero attached hydrogens (tertiary/aromatic N) is 1. The van der Waals surface area contributed by atoms with Crippen LogP contribution in [-0.2, 0) is 0 Å². The molecule has 4 heteroatoms. The summed E-state index contributed by atoms with van der Waals surface area (Å²) in [5.41, 5.74) is 1.43. The third-order valence-corrected chi connectivity index (χ3v) is 5.14. The van der Waals surface area contributed by atoms with Crippen LogP contribution >= 0.6 is 22.7 Å². The second kappa shape index (κ2) is 5.95. The number of hydrogen-bond acceptors (Lipinski definition) is 4. The fourth-order valence-corrected chi connectivity index (χ4v) is 3.83. The van der Waals surface area contributed by atoms with Gasteiger partial charge in [0.2, 0.25) is 0 Å². The van der Waals surface area contributed by atoms with Gasteiger partial charge in [-0.15, -0.1) is 22.7 Å². The van der Waals surface area contributed by atoms with Gasteiger partial charge in [0.15, 0.2) is 0 Å². The van der Waals surface area contributed by atoms with Gasteiger partial charge in [-0.3, -0.25) is 0 Å². The fraction of sp³-hybridized carbons (Fsp3) is 0.500. The van der Waals surface area contributed by atoms with Crippen molar-refractivity contribution in [3.63, 3.8) is 0 Å². The van der Waals surface area contributed by atoms with Crippen molar-refractivity contribution >= 4 is 22.7 Å². The quantitative estimate of drug-likeness (QED) is 0.884. The second-order valence-electron chi connectivity index (χ2n) is 4.77. The highest BCUT2D eigenvalue weighted by Crippen LogP contribution is 2.26. The molecule has 0 fully saturated rings. The SMILES string of the molecule is Cc1cc(C(C)NCC(C)c2nccs2)c(C)s1. The van der Waals surface area contributed by atoms with E-state index in [1.165, 1.54) is 20.3 Å². The third kappa shape index (κ3) is 3.19. The molecule has 2 aromatic heterocycles. The van der Waals surface area contributed by atoms with Crippen LogP contribution in [0.1, 0.15) is 46.1 Å². The first kappa shape index (κ1) is 13.7. The average molecular weight is 280 g/mol. The van der Waals surface area contributed by atoms with E-state index in [0.29, 0.717) is 12.0 Å². The average Bonchev–Trinajstić information content (AvgIpc) is 2.95. The highest BCUT2D eigenvalue weighted by molar-refractivity contribution is 7.12. The number of aryl methyl sites for hydroxylation is 2. The Balaban J connectivity index is 1.92. The molecule has 2 unspecified atom stereocenters. The van der Waals surface area contributed by atoms with Gasteiger partial charge in [0, 0.05) is 39.8 Å². The lowest BCUT2D eigenvalue weighted by Gasteiger charge is -2.16. The van der Waals surface area contributed by atoms with Gasteiger partial charge in [0.25, 0.3) is 0 Å². The highest BCUT2D eigenvalue weighted by Gasteiger charge is 2.13. The van der Waals surface area contributed by atoms with Crippen molar-refractivity contribution in [3.8, 4) is 0 Å². The molecule has 0 aliphatic carbocycles. The molecule has 0 saturated heterocycles. The van der Waals surface area contributed by atoms with Gasteiger partial charge in [-0.05, 0) is 32.4 Å². The maximum atomic E-state index is 4.37. The zero-order valence-electron chi connectivity index (χ0n) is 11.4. The number of hydrogen-bond donors (Lipinski definition) is 1. The van der Waals surface area contributed by atoms with Gasteiger partial charge in [-0.25, -0.2) is 4.98 Å². The molecule has 2 rings (SSSR count). The highest BCUT2D eigenvalue weighted by atomic mass is 32.1. The summed E-state index contributed by atoms with van der Waals surface area (Å²) in [6.45, 7) is 9.82. The summed E-state index contributed by atoms with van der Waals surface area (Å²) in [6.07, 6.45) is 1.88. The van der Waals surface area contributed by atoms with Crippen molar-refractivity contribution in [3.05, 3.63) is 38.0 Å². The molecule has 2 heterocycles. The third-order valence-electron chi connectivity index (χ3n) is 3.15. The molecule has 2 aromatic rings. The van der Waals surface area contributed by atoms with Gasteiger partial charge in [0.1, 0.15) is 0 Å². The maximum absolute atomic E-state index is 4.37. The van der Waals surface area contributed by atoms with Crippen LogP contribution in [0.4, 0.5) is 0 Å². The van der Waals surface area contributed by atoms with Crippen LogP contribution in [0.3, 0.4) is 0 Å². The molecule has 0 aliphatic rings. The number of thiophene rings is 1. The molecule has 98 valence electrons. The summed E-state index contributed by atoms with van der Waals surface area (Å²) in [5.74, 6) is 0.479. The summed E-state index contributed by atoms with van der Waals surface area (Å²) in [4.78, 5) is 7.19. The maximum Gasteiger partial charge on any atom is 0.0965 e. The van der Waals surface area contributed by atoms with Crippen molar-refractivity contribution in [2.75, 3.05) is 6.54 Å². The molecule has 2 nitrogen and oxygen atoms in total. The Labute approximate surface area is 117 Å². The van der Waals surface area contributed by atoms with E-state index in [2.05, 4.69) is 44.1 Å². The summed E-state index contributed by atoms with van der Waals surface area (Å²) >= 11 is 3.62. The molecule has 2 atom stereocenters. The summed E-state index contributed by atoms with van der Waals surface area (Å²) in [7, 11) is 0. The van der Waals surface area contributed by atoms with Gasteiger partial charge in [-0.1, -0.05) is 6.92 Å². The van der Waals surface area contributed by atoms with E-state index in [1.807, 2.05) is 22.9 Å². The molecule has 0 aliphatic heterocycles. The zero-order chi connectivity index (χ0) is 13.1. The first-order chi connectivity index (χ1) is 8.58. The number of nitrogens with one attached hydrogen (secondary N) is 1. The van der Waals surface area contributed by atoms with Gasteiger partial charge in [0.05, 0.1) is 5.01 Å². The fourth-order valence-electron chi connectivity index (χ4n) is 2.11. The minimum Gasteiger partial charge on any atom is -0.309 e. The molecule has 0 amide bonds. The first-order valence-corrected chi connectivity index (χ1v) is 7.97. The van der Waals surface area contributed by atoms with E-state index in [4.69, 9.17) is 0 Å².